The first kappa shape index (κ1) is 25.3. The number of aromatic nitrogens is 2. The minimum absolute atomic E-state index is 0.0167. The van der Waals surface area contributed by atoms with Gasteiger partial charge < -0.3 is 14.4 Å². The van der Waals surface area contributed by atoms with E-state index in [1.54, 1.807) is 55.5 Å². The number of hydrogen-bond donors (Lipinski definition) is 0. The summed E-state index contributed by atoms with van der Waals surface area (Å²) < 4.78 is 52.8. The lowest BCUT2D eigenvalue weighted by Gasteiger charge is -2.28. The fourth-order valence-corrected chi connectivity index (χ4v) is 4.61. The highest BCUT2D eigenvalue weighted by atomic mass is 19.4. The maximum atomic E-state index is 13.8. The zero-order chi connectivity index (χ0) is 27.0. The highest BCUT2D eigenvalue weighted by Crippen LogP contribution is 2.37. The van der Waals surface area contributed by atoms with E-state index in [-0.39, 0.29) is 30.8 Å². The van der Waals surface area contributed by atoms with E-state index >= 15 is 0 Å². The van der Waals surface area contributed by atoms with Gasteiger partial charge in [0.15, 0.2) is 5.69 Å². The molecule has 9 nitrogen and oxygen atoms in total. The van der Waals surface area contributed by atoms with E-state index in [0.717, 1.165) is 4.68 Å². The predicted molar refractivity (Wildman–Crippen MR) is 132 cm³/mol. The molecule has 0 N–H and O–H groups in total. The molecule has 198 valence electrons. The Morgan fingerprint density at radius 3 is 2.34 bits per heavy atom. The van der Waals surface area contributed by atoms with Crippen molar-refractivity contribution in [2.75, 3.05) is 38.3 Å². The normalized spacial score (nSPS) is 15.4. The quantitative estimate of drug-likeness (QED) is 0.493. The van der Waals surface area contributed by atoms with E-state index in [2.05, 4.69) is 10.1 Å². The van der Waals surface area contributed by atoms with Crippen LogP contribution in [-0.4, -0.2) is 65.9 Å². The van der Waals surface area contributed by atoms with Crippen molar-refractivity contribution in [3.63, 3.8) is 0 Å². The summed E-state index contributed by atoms with van der Waals surface area (Å²) in [4.78, 5) is 33.1. The maximum Gasteiger partial charge on any atom is 0.435 e. The van der Waals surface area contributed by atoms with Crippen molar-refractivity contribution < 1.29 is 32.2 Å². The molecule has 0 fully saturated rings. The van der Waals surface area contributed by atoms with Crippen molar-refractivity contribution in [2.24, 2.45) is 4.99 Å². The average molecular weight is 528 g/mol. The first-order chi connectivity index (χ1) is 18.2. The number of carbonyl (C=O) groups is 2. The molecular weight excluding hydrogens is 503 g/mol. The van der Waals surface area contributed by atoms with Gasteiger partial charge in [0.1, 0.15) is 17.3 Å². The van der Waals surface area contributed by atoms with E-state index in [1.807, 2.05) is 0 Å². The Morgan fingerprint density at radius 2 is 1.71 bits per heavy atom. The number of alkyl halides is 3. The van der Waals surface area contributed by atoms with Gasteiger partial charge in [0.05, 0.1) is 32.5 Å². The summed E-state index contributed by atoms with van der Waals surface area (Å²) in [5, 5.41) is 3.81. The number of benzene rings is 2. The lowest BCUT2D eigenvalue weighted by atomic mass is 10.0. The summed E-state index contributed by atoms with van der Waals surface area (Å²) in [6.45, 7) is 2.86. The molecular formula is C26H24F3N5O4. The molecule has 0 bridgehead atoms. The van der Waals surface area contributed by atoms with Gasteiger partial charge in [0.2, 0.25) is 0 Å². The van der Waals surface area contributed by atoms with Crippen molar-refractivity contribution in [1.29, 1.82) is 0 Å². The predicted octanol–water partition coefficient (Wildman–Crippen LogP) is 4.32. The zero-order valence-corrected chi connectivity index (χ0v) is 20.7. The number of aliphatic imine (C=N–C) groups is 1. The third-order valence-electron chi connectivity index (χ3n) is 6.37. The molecule has 3 aromatic rings. The Hall–Kier alpha value is -4.35. The van der Waals surface area contributed by atoms with Crippen LogP contribution >= 0.6 is 0 Å². The van der Waals surface area contributed by atoms with E-state index in [9.17, 15) is 22.8 Å². The monoisotopic (exact) mass is 527 g/mol. The fourth-order valence-electron chi connectivity index (χ4n) is 4.61. The summed E-state index contributed by atoms with van der Waals surface area (Å²) in [5.74, 6) is 0.395. The summed E-state index contributed by atoms with van der Waals surface area (Å²) in [7, 11) is 1.48. The first-order valence-electron chi connectivity index (χ1n) is 12.0. The molecule has 0 unspecified atom stereocenters. The van der Waals surface area contributed by atoms with Crippen LogP contribution in [0.1, 0.15) is 34.2 Å². The summed E-state index contributed by atoms with van der Waals surface area (Å²) >= 11 is 0. The summed E-state index contributed by atoms with van der Waals surface area (Å²) in [5.41, 5.74) is 0.142. The Balaban J connectivity index is 1.47. The van der Waals surface area contributed by atoms with Crippen molar-refractivity contribution in [3.8, 4) is 11.4 Å². The second-order valence-corrected chi connectivity index (χ2v) is 8.59. The second kappa shape index (κ2) is 9.84. The van der Waals surface area contributed by atoms with Crippen molar-refractivity contribution in [2.45, 2.75) is 19.5 Å². The van der Waals surface area contributed by atoms with Crippen LogP contribution in [0.5, 0.6) is 5.75 Å². The molecule has 0 atom stereocenters. The number of nitrogens with zero attached hydrogens (tertiary/aromatic N) is 5. The van der Waals surface area contributed by atoms with Crippen LogP contribution in [0, 0.1) is 0 Å². The number of fused-ring (bicyclic) bond motifs is 1. The number of ether oxygens (including phenoxy) is 2. The van der Waals surface area contributed by atoms with Gasteiger partial charge in [0.25, 0.3) is 5.91 Å². The van der Waals surface area contributed by atoms with E-state index in [1.165, 1.54) is 16.9 Å². The molecule has 2 aliphatic heterocycles. The van der Waals surface area contributed by atoms with Crippen LogP contribution in [0.2, 0.25) is 0 Å². The Labute approximate surface area is 216 Å². The van der Waals surface area contributed by atoms with E-state index in [0.29, 0.717) is 41.6 Å². The Kier molecular flexibility index (Phi) is 6.55. The number of amidine groups is 1. The molecule has 0 saturated heterocycles. The number of rotatable bonds is 5. The highest BCUT2D eigenvalue weighted by Gasteiger charge is 2.43. The van der Waals surface area contributed by atoms with Gasteiger partial charge in [-0.3, -0.25) is 14.7 Å². The zero-order valence-electron chi connectivity index (χ0n) is 20.7. The molecule has 0 spiro atoms. The van der Waals surface area contributed by atoms with Crippen LogP contribution in [0.15, 0.2) is 53.5 Å². The molecule has 0 saturated carbocycles. The Bertz CT molecular complexity index is 1400. The van der Waals surface area contributed by atoms with Gasteiger partial charge in [-0.1, -0.05) is 0 Å². The number of anilines is 1. The lowest BCUT2D eigenvalue weighted by molar-refractivity contribution is -0.141. The van der Waals surface area contributed by atoms with Gasteiger partial charge in [0, 0.05) is 23.4 Å². The SMILES string of the molecule is CCOC(=O)N1CCN=C1c1ccc(N2CCc3c(C(F)(F)F)nn(-c4ccc(OC)cc4)c3C2=O)cc1. The van der Waals surface area contributed by atoms with E-state index in [4.69, 9.17) is 9.47 Å². The molecule has 2 amide bonds. The van der Waals surface area contributed by atoms with Gasteiger partial charge in [-0.15, -0.1) is 0 Å². The van der Waals surface area contributed by atoms with Crippen LogP contribution in [0.4, 0.5) is 23.7 Å². The molecule has 2 aromatic carbocycles. The van der Waals surface area contributed by atoms with Crippen molar-refractivity contribution in [1.82, 2.24) is 14.7 Å². The molecule has 2 aliphatic rings. The van der Waals surface area contributed by atoms with Gasteiger partial charge in [-0.05, 0) is 61.9 Å². The lowest BCUT2D eigenvalue weighted by Crippen LogP contribution is -2.39. The Morgan fingerprint density at radius 1 is 1.03 bits per heavy atom. The molecule has 1 aromatic heterocycles. The molecule has 3 heterocycles. The fraction of sp³-hybridized carbons (Fsp3) is 0.308. The number of carbonyl (C=O) groups excluding carboxylic acids is 2. The van der Waals surface area contributed by atoms with Crippen molar-refractivity contribution >= 4 is 23.5 Å². The van der Waals surface area contributed by atoms with Crippen LogP contribution in [0.25, 0.3) is 5.69 Å². The average Bonchev–Trinajstić information content (AvgIpc) is 3.55. The summed E-state index contributed by atoms with van der Waals surface area (Å²) in [6, 6.07) is 13.1. The number of methoxy groups -OCH3 is 1. The van der Waals surface area contributed by atoms with E-state index < -0.39 is 23.9 Å². The number of halogens is 3. The summed E-state index contributed by atoms with van der Waals surface area (Å²) in [6.07, 6.45) is -5.21. The molecule has 5 rings (SSSR count). The molecule has 38 heavy (non-hydrogen) atoms. The molecule has 0 aliphatic carbocycles. The number of amides is 2. The van der Waals surface area contributed by atoms with Crippen molar-refractivity contribution in [3.05, 3.63) is 71.0 Å². The highest BCUT2D eigenvalue weighted by molar-refractivity contribution is 6.09. The smallest absolute Gasteiger partial charge is 0.435 e. The van der Waals surface area contributed by atoms with Gasteiger partial charge in [-0.25, -0.2) is 9.48 Å². The van der Waals surface area contributed by atoms with Gasteiger partial charge in [-0.2, -0.15) is 18.3 Å². The minimum atomic E-state index is -4.71. The molecule has 12 heteroatoms. The second-order valence-electron chi connectivity index (χ2n) is 8.59. The maximum absolute atomic E-state index is 13.8. The van der Waals surface area contributed by atoms with Gasteiger partial charge >= 0.3 is 12.3 Å². The minimum Gasteiger partial charge on any atom is -0.497 e. The molecule has 0 radical (unpaired) electrons. The number of hydrogen-bond acceptors (Lipinski definition) is 6. The largest absolute Gasteiger partial charge is 0.497 e. The topological polar surface area (TPSA) is 89.3 Å². The third kappa shape index (κ3) is 4.46. The standard InChI is InChI=1S/C26H24F3N5O4/c1-3-38-25(36)33-15-13-30-23(33)16-4-6-17(7-5-16)32-14-12-20-21(24(32)35)34(31-22(20)26(27,28)29)18-8-10-19(37-2)11-9-18/h4-11H,3,12-15H2,1-2H3. The third-order valence-corrected chi connectivity index (χ3v) is 6.37. The van der Waals surface area contributed by atoms with Crippen LogP contribution < -0.4 is 9.64 Å². The first-order valence-corrected chi connectivity index (χ1v) is 12.0. The van der Waals surface area contributed by atoms with Crippen LogP contribution in [0.3, 0.4) is 0 Å². The van der Waals surface area contributed by atoms with Crippen LogP contribution in [-0.2, 0) is 17.3 Å².